The van der Waals surface area contributed by atoms with Gasteiger partial charge in [-0.3, -0.25) is 14.6 Å². The minimum atomic E-state index is -0.357. The maximum absolute atomic E-state index is 12.4. The van der Waals surface area contributed by atoms with Crippen LogP contribution >= 0.6 is 0 Å². The number of hydrogen-bond acceptors (Lipinski definition) is 5. The molecule has 0 aliphatic rings. The highest BCUT2D eigenvalue weighted by Crippen LogP contribution is 2.08. The summed E-state index contributed by atoms with van der Waals surface area (Å²) in [7, 11) is 1.33. The van der Waals surface area contributed by atoms with Gasteiger partial charge in [0.15, 0.2) is 0 Å². The summed E-state index contributed by atoms with van der Waals surface area (Å²) in [5, 5.41) is 0. The van der Waals surface area contributed by atoms with Crippen LogP contribution in [0, 0.1) is 0 Å². The lowest BCUT2D eigenvalue weighted by Crippen LogP contribution is -2.31. The SMILES string of the molecule is COC(=O)CCN(Cc1cccnc1)C(=O)/C=C/c1ccco1. The highest BCUT2D eigenvalue weighted by Gasteiger charge is 2.14. The maximum Gasteiger partial charge on any atom is 0.307 e. The van der Waals surface area contributed by atoms with Crippen molar-refractivity contribution < 1.29 is 18.7 Å². The molecule has 0 fully saturated rings. The van der Waals surface area contributed by atoms with E-state index in [1.54, 1.807) is 41.6 Å². The lowest BCUT2D eigenvalue weighted by Gasteiger charge is -2.20. The summed E-state index contributed by atoms with van der Waals surface area (Å²) in [6.45, 7) is 0.634. The summed E-state index contributed by atoms with van der Waals surface area (Å²) in [5.41, 5.74) is 0.886. The first kappa shape index (κ1) is 16.5. The van der Waals surface area contributed by atoms with Crippen molar-refractivity contribution >= 4 is 18.0 Å². The molecule has 2 aromatic heterocycles. The topological polar surface area (TPSA) is 72.6 Å². The Morgan fingerprint density at radius 2 is 2.22 bits per heavy atom. The summed E-state index contributed by atoms with van der Waals surface area (Å²) in [4.78, 5) is 29.3. The van der Waals surface area contributed by atoms with Crippen LogP contribution in [0.25, 0.3) is 6.08 Å². The average molecular weight is 314 g/mol. The number of rotatable bonds is 7. The van der Waals surface area contributed by atoms with Crippen LogP contribution in [0.15, 0.2) is 53.4 Å². The molecule has 2 heterocycles. The molecule has 1 amide bonds. The summed E-state index contributed by atoms with van der Waals surface area (Å²) < 4.78 is 9.78. The number of ether oxygens (including phenoxy) is 1. The third-order valence-corrected chi connectivity index (χ3v) is 3.15. The van der Waals surface area contributed by atoms with Crippen LogP contribution in [0.3, 0.4) is 0 Å². The smallest absolute Gasteiger partial charge is 0.307 e. The van der Waals surface area contributed by atoms with Crippen molar-refractivity contribution in [1.82, 2.24) is 9.88 Å². The largest absolute Gasteiger partial charge is 0.469 e. The van der Waals surface area contributed by atoms with Crippen LogP contribution in [-0.4, -0.2) is 35.4 Å². The van der Waals surface area contributed by atoms with Gasteiger partial charge in [-0.25, -0.2) is 0 Å². The minimum Gasteiger partial charge on any atom is -0.469 e. The third-order valence-electron chi connectivity index (χ3n) is 3.15. The molecule has 23 heavy (non-hydrogen) atoms. The van der Waals surface area contributed by atoms with E-state index < -0.39 is 0 Å². The zero-order valence-electron chi connectivity index (χ0n) is 12.8. The monoisotopic (exact) mass is 314 g/mol. The number of nitrogens with zero attached hydrogens (tertiary/aromatic N) is 2. The molecule has 0 aliphatic carbocycles. The Kier molecular flexibility index (Phi) is 6.11. The molecule has 2 aromatic rings. The van der Waals surface area contributed by atoms with Crippen molar-refractivity contribution in [1.29, 1.82) is 0 Å². The minimum absolute atomic E-state index is 0.136. The first-order chi connectivity index (χ1) is 11.2. The van der Waals surface area contributed by atoms with E-state index in [9.17, 15) is 9.59 Å². The van der Waals surface area contributed by atoms with Gasteiger partial charge in [-0.05, 0) is 29.8 Å². The quantitative estimate of drug-likeness (QED) is 0.579. The zero-order valence-corrected chi connectivity index (χ0v) is 12.8. The average Bonchev–Trinajstić information content (AvgIpc) is 3.10. The first-order valence-electron chi connectivity index (χ1n) is 7.15. The third kappa shape index (κ3) is 5.43. The highest BCUT2D eigenvalue weighted by molar-refractivity contribution is 5.91. The molecule has 0 saturated heterocycles. The van der Waals surface area contributed by atoms with Crippen molar-refractivity contribution in [3.63, 3.8) is 0 Å². The summed E-state index contributed by atoms with van der Waals surface area (Å²) >= 11 is 0. The predicted octanol–water partition coefficient (Wildman–Crippen LogP) is 2.28. The van der Waals surface area contributed by atoms with E-state index >= 15 is 0 Å². The fraction of sp³-hybridized carbons (Fsp3) is 0.235. The lowest BCUT2D eigenvalue weighted by atomic mass is 10.2. The summed E-state index contributed by atoms with van der Waals surface area (Å²) in [6, 6.07) is 7.18. The van der Waals surface area contributed by atoms with Gasteiger partial charge in [-0.1, -0.05) is 6.07 Å². The molecule has 0 aliphatic heterocycles. The Labute approximate surface area is 134 Å². The van der Waals surface area contributed by atoms with Gasteiger partial charge < -0.3 is 14.1 Å². The van der Waals surface area contributed by atoms with E-state index in [0.717, 1.165) is 5.56 Å². The number of hydrogen-bond donors (Lipinski definition) is 0. The Balaban J connectivity index is 2.05. The van der Waals surface area contributed by atoms with E-state index in [0.29, 0.717) is 12.3 Å². The molecule has 0 aromatic carbocycles. The van der Waals surface area contributed by atoms with Gasteiger partial charge in [-0.2, -0.15) is 0 Å². The Morgan fingerprint density at radius 3 is 2.87 bits per heavy atom. The summed E-state index contributed by atoms with van der Waals surface area (Å²) in [6.07, 6.45) is 8.05. The molecule has 0 unspecified atom stereocenters. The van der Waals surface area contributed by atoms with Crippen LogP contribution in [0.5, 0.6) is 0 Å². The molecule has 2 rings (SSSR count). The van der Waals surface area contributed by atoms with E-state index in [1.165, 1.54) is 19.4 Å². The molecule has 0 saturated carbocycles. The Morgan fingerprint density at radius 1 is 1.35 bits per heavy atom. The van der Waals surface area contributed by atoms with Crippen LogP contribution in [0.4, 0.5) is 0 Å². The number of carbonyl (C=O) groups excluding carboxylic acids is 2. The van der Waals surface area contributed by atoms with Gasteiger partial charge in [0.1, 0.15) is 5.76 Å². The zero-order chi connectivity index (χ0) is 16.5. The van der Waals surface area contributed by atoms with Crippen LogP contribution in [0.1, 0.15) is 17.7 Å². The van der Waals surface area contributed by atoms with E-state index in [-0.39, 0.29) is 24.8 Å². The molecular formula is C17H18N2O4. The molecule has 0 bridgehead atoms. The number of pyridine rings is 1. The van der Waals surface area contributed by atoms with Crippen molar-refractivity contribution in [3.8, 4) is 0 Å². The number of esters is 1. The second-order valence-corrected chi connectivity index (χ2v) is 4.80. The number of carbonyl (C=O) groups is 2. The van der Waals surface area contributed by atoms with Gasteiger partial charge in [-0.15, -0.1) is 0 Å². The van der Waals surface area contributed by atoms with Gasteiger partial charge in [0, 0.05) is 31.6 Å². The van der Waals surface area contributed by atoms with Gasteiger partial charge in [0.25, 0.3) is 0 Å². The molecule has 6 nitrogen and oxygen atoms in total. The Bertz CT molecular complexity index is 650. The molecule has 0 spiro atoms. The van der Waals surface area contributed by atoms with E-state index in [4.69, 9.17) is 4.42 Å². The van der Waals surface area contributed by atoms with Gasteiger partial charge >= 0.3 is 5.97 Å². The predicted molar refractivity (Wildman–Crippen MR) is 84.0 cm³/mol. The number of methoxy groups -OCH3 is 1. The van der Waals surface area contributed by atoms with Crippen LogP contribution < -0.4 is 0 Å². The van der Waals surface area contributed by atoms with Gasteiger partial charge in [0.2, 0.25) is 5.91 Å². The lowest BCUT2D eigenvalue weighted by molar-refractivity contribution is -0.141. The number of amides is 1. The fourth-order valence-corrected chi connectivity index (χ4v) is 1.95. The molecule has 0 atom stereocenters. The second kappa shape index (κ2) is 8.53. The van der Waals surface area contributed by atoms with Crippen LogP contribution in [-0.2, 0) is 20.9 Å². The second-order valence-electron chi connectivity index (χ2n) is 4.80. The highest BCUT2D eigenvalue weighted by atomic mass is 16.5. The van der Waals surface area contributed by atoms with E-state index in [2.05, 4.69) is 9.72 Å². The fourth-order valence-electron chi connectivity index (χ4n) is 1.95. The first-order valence-corrected chi connectivity index (χ1v) is 7.15. The van der Waals surface area contributed by atoms with Crippen LogP contribution in [0.2, 0.25) is 0 Å². The van der Waals surface area contributed by atoms with Crippen molar-refractivity contribution in [2.24, 2.45) is 0 Å². The molecular weight excluding hydrogens is 296 g/mol. The van der Waals surface area contributed by atoms with E-state index in [1.807, 2.05) is 6.07 Å². The summed E-state index contributed by atoms with van der Waals surface area (Å²) in [5.74, 6) is 0.0193. The molecule has 0 radical (unpaired) electrons. The standard InChI is InChI=1S/C17H18N2O4/c1-22-17(21)8-10-19(13-14-4-2-9-18-12-14)16(20)7-6-15-5-3-11-23-15/h2-7,9,11-12H,8,10,13H2,1H3/b7-6+. The van der Waals surface area contributed by atoms with Crippen molar-refractivity contribution in [2.45, 2.75) is 13.0 Å². The molecule has 6 heteroatoms. The van der Waals surface area contributed by atoms with Gasteiger partial charge in [0.05, 0.1) is 19.8 Å². The van der Waals surface area contributed by atoms with Crippen molar-refractivity contribution in [3.05, 3.63) is 60.3 Å². The Hall–Kier alpha value is -2.89. The molecule has 0 N–H and O–H groups in total. The maximum atomic E-state index is 12.4. The molecule has 120 valence electrons. The number of furan rings is 1. The normalized spacial score (nSPS) is 10.7. The number of aromatic nitrogens is 1. The van der Waals surface area contributed by atoms with Crippen molar-refractivity contribution in [2.75, 3.05) is 13.7 Å².